The fourth-order valence-electron chi connectivity index (χ4n) is 1.29. The van der Waals surface area contributed by atoms with Crippen LogP contribution in [-0.2, 0) is 6.42 Å². The molecule has 0 amide bonds. The number of rotatable bonds is 6. The quantitative estimate of drug-likeness (QED) is 0.792. The molecule has 0 aromatic carbocycles. The Morgan fingerprint density at radius 2 is 1.22 bits per heavy atom. The summed E-state index contributed by atoms with van der Waals surface area (Å²) < 4.78 is 81.3. The minimum atomic E-state index is -4.66. The number of alkyl halides is 6. The van der Waals surface area contributed by atoms with Gasteiger partial charge in [-0.15, -0.1) is 4.98 Å². The van der Waals surface area contributed by atoms with Crippen LogP contribution < -0.4 is 15.2 Å². The van der Waals surface area contributed by atoms with Crippen molar-refractivity contribution < 1.29 is 35.8 Å². The molecule has 1 aromatic rings. The van der Waals surface area contributed by atoms with Gasteiger partial charge in [0.2, 0.25) is 0 Å². The van der Waals surface area contributed by atoms with Crippen LogP contribution in [0.2, 0.25) is 0 Å². The molecule has 1 aromatic heterocycles. The maximum Gasteiger partial charge on any atom is 0.422 e. The van der Waals surface area contributed by atoms with Gasteiger partial charge >= 0.3 is 24.4 Å². The van der Waals surface area contributed by atoms with E-state index >= 15 is 0 Å². The lowest BCUT2D eigenvalue weighted by Crippen LogP contribution is -2.35. The van der Waals surface area contributed by atoms with Crippen LogP contribution in [0.5, 0.6) is 12.0 Å². The molecule has 1 heterocycles. The Bertz CT molecular complexity index is 490. The van der Waals surface area contributed by atoms with E-state index in [9.17, 15) is 26.3 Å². The van der Waals surface area contributed by atoms with Crippen LogP contribution in [0.15, 0.2) is 0 Å². The molecule has 0 spiro atoms. The summed E-state index contributed by atoms with van der Waals surface area (Å²) in [6, 6.07) is -1.59. The highest BCUT2D eigenvalue weighted by atomic mass is 19.4. The highest BCUT2D eigenvalue weighted by Gasteiger charge is 2.31. The van der Waals surface area contributed by atoms with E-state index in [-0.39, 0.29) is 12.2 Å². The van der Waals surface area contributed by atoms with Crippen LogP contribution in [0.4, 0.5) is 26.3 Å². The van der Waals surface area contributed by atoms with E-state index < -0.39 is 43.1 Å². The molecule has 6 nitrogen and oxygen atoms in total. The normalized spacial score (nSPS) is 13.1. The molecule has 0 bridgehead atoms. The Morgan fingerprint density at radius 3 is 1.52 bits per heavy atom. The first-order valence-corrected chi connectivity index (χ1v) is 6.16. The van der Waals surface area contributed by atoms with Crippen molar-refractivity contribution >= 4 is 0 Å². The Hall–Kier alpha value is -1.85. The van der Waals surface area contributed by atoms with Gasteiger partial charge in [0.15, 0.2) is 13.2 Å². The van der Waals surface area contributed by atoms with Crippen molar-refractivity contribution in [3.05, 3.63) is 5.82 Å². The first-order chi connectivity index (χ1) is 10.2. The minimum absolute atomic E-state index is 0.0414. The molecule has 23 heavy (non-hydrogen) atoms. The molecular formula is C11H14F6N4O2. The summed E-state index contributed by atoms with van der Waals surface area (Å²) >= 11 is 0. The van der Waals surface area contributed by atoms with Gasteiger partial charge in [-0.3, -0.25) is 0 Å². The first kappa shape index (κ1) is 19.2. The fourth-order valence-corrected chi connectivity index (χ4v) is 1.29. The predicted octanol–water partition coefficient (Wildman–Crippen LogP) is 2.03. The number of hydrogen-bond donors (Lipinski definition) is 1. The minimum Gasteiger partial charge on any atom is -0.454 e. The van der Waals surface area contributed by atoms with Gasteiger partial charge in [0.05, 0.1) is 0 Å². The Morgan fingerprint density at radius 1 is 0.826 bits per heavy atom. The van der Waals surface area contributed by atoms with Gasteiger partial charge in [0.1, 0.15) is 5.82 Å². The standard InChI is InChI=1S/C11H14F6N4O2/c1-9(2,18)3-6-19-7(22-4-10(12,13)14)21-8(20-6)23-5-11(15,16)17/h3-5,18H2,1-2H3. The predicted molar refractivity (Wildman–Crippen MR) is 64.9 cm³/mol. The lowest BCUT2D eigenvalue weighted by Gasteiger charge is -2.18. The molecule has 0 aliphatic rings. The molecule has 0 fully saturated rings. The van der Waals surface area contributed by atoms with Crippen LogP contribution in [-0.4, -0.2) is 46.1 Å². The zero-order valence-corrected chi connectivity index (χ0v) is 12.1. The summed E-state index contributed by atoms with van der Waals surface area (Å²) in [5, 5.41) is 0. The van der Waals surface area contributed by atoms with Crippen molar-refractivity contribution in [2.24, 2.45) is 5.73 Å². The lowest BCUT2D eigenvalue weighted by atomic mass is 10.0. The summed E-state index contributed by atoms with van der Waals surface area (Å²) in [5.74, 6) is -0.151. The molecule has 0 saturated heterocycles. The highest BCUT2D eigenvalue weighted by Crippen LogP contribution is 2.20. The summed E-state index contributed by atoms with van der Waals surface area (Å²) in [5.41, 5.74) is 4.85. The molecule has 0 radical (unpaired) electrons. The summed E-state index contributed by atoms with van der Waals surface area (Å²) in [6.45, 7) is -0.269. The van der Waals surface area contributed by atoms with E-state index in [1.54, 1.807) is 13.8 Å². The second-order valence-corrected chi connectivity index (χ2v) is 5.29. The molecule has 0 aliphatic heterocycles. The molecule has 0 saturated carbocycles. The monoisotopic (exact) mass is 348 g/mol. The van der Waals surface area contributed by atoms with Crippen LogP contribution >= 0.6 is 0 Å². The zero-order valence-electron chi connectivity index (χ0n) is 12.1. The number of nitrogens with two attached hydrogens (primary N) is 1. The molecule has 132 valence electrons. The number of nitrogens with zero attached hydrogens (tertiary/aromatic N) is 3. The van der Waals surface area contributed by atoms with Crippen molar-refractivity contribution in [3.8, 4) is 12.0 Å². The van der Waals surface area contributed by atoms with Crippen molar-refractivity contribution in [2.75, 3.05) is 13.2 Å². The molecule has 0 unspecified atom stereocenters. The van der Waals surface area contributed by atoms with E-state index in [0.29, 0.717) is 0 Å². The fraction of sp³-hybridized carbons (Fsp3) is 0.727. The Labute approximate surface area is 127 Å². The third-order valence-corrected chi connectivity index (χ3v) is 1.98. The second-order valence-electron chi connectivity index (χ2n) is 5.29. The second kappa shape index (κ2) is 6.72. The van der Waals surface area contributed by atoms with Gasteiger partial charge in [-0.2, -0.15) is 36.3 Å². The third-order valence-electron chi connectivity index (χ3n) is 1.98. The van der Waals surface area contributed by atoms with Crippen LogP contribution in [0.25, 0.3) is 0 Å². The van der Waals surface area contributed by atoms with Gasteiger partial charge in [-0.25, -0.2) is 0 Å². The molecule has 0 aliphatic carbocycles. The van der Waals surface area contributed by atoms with Crippen molar-refractivity contribution in [1.29, 1.82) is 0 Å². The van der Waals surface area contributed by atoms with Gasteiger partial charge < -0.3 is 15.2 Å². The van der Waals surface area contributed by atoms with E-state index in [2.05, 4.69) is 24.4 Å². The van der Waals surface area contributed by atoms with E-state index in [1.165, 1.54) is 0 Å². The number of ether oxygens (including phenoxy) is 2. The largest absolute Gasteiger partial charge is 0.454 e. The number of aromatic nitrogens is 3. The summed E-state index contributed by atoms with van der Waals surface area (Å²) in [6.07, 6.45) is -9.36. The lowest BCUT2D eigenvalue weighted by molar-refractivity contribution is -0.156. The van der Waals surface area contributed by atoms with E-state index in [0.717, 1.165) is 0 Å². The molecule has 0 atom stereocenters. The Balaban J connectivity index is 2.97. The smallest absolute Gasteiger partial charge is 0.422 e. The maximum atomic E-state index is 12.1. The third kappa shape index (κ3) is 9.01. The van der Waals surface area contributed by atoms with Gasteiger partial charge in [0, 0.05) is 12.0 Å². The van der Waals surface area contributed by atoms with Crippen LogP contribution in [0, 0.1) is 0 Å². The van der Waals surface area contributed by atoms with Crippen LogP contribution in [0.1, 0.15) is 19.7 Å². The summed E-state index contributed by atoms with van der Waals surface area (Å²) in [4.78, 5) is 10.4. The van der Waals surface area contributed by atoms with Gasteiger partial charge in [0.25, 0.3) is 0 Å². The summed E-state index contributed by atoms with van der Waals surface area (Å²) in [7, 11) is 0. The molecule has 2 N–H and O–H groups in total. The zero-order chi connectivity index (χ0) is 17.9. The molecule has 12 heteroatoms. The Kier molecular flexibility index (Phi) is 5.61. The van der Waals surface area contributed by atoms with E-state index in [4.69, 9.17) is 5.73 Å². The number of halogens is 6. The van der Waals surface area contributed by atoms with Crippen molar-refractivity contribution in [1.82, 2.24) is 15.0 Å². The average molecular weight is 348 g/mol. The van der Waals surface area contributed by atoms with Gasteiger partial charge in [-0.05, 0) is 13.8 Å². The van der Waals surface area contributed by atoms with Crippen molar-refractivity contribution in [2.45, 2.75) is 38.2 Å². The van der Waals surface area contributed by atoms with Crippen LogP contribution in [0.3, 0.4) is 0 Å². The first-order valence-electron chi connectivity index (χ1n) is 6.16. The molecule has 1 rings (SSSR count). The average Bonchev–Trinajstić information content (AvgIpc) is 2.30. The topological polar surface area (TPSA) is 83.2 Å². The van der Waals surface area contributed by atoms with Gasteiger partial charge in [-0.1, -0.05) is 0 Å². The van der Waals surface area contributed by atoms with E-state index in [1.807, 2.05) is 0 Å². The highest BCUT2D eigenvalue weighted by molar-refractivity contribution is 5.07. The van der Waals surface area contributed by atoms with Crippen molar-refractivity contribution in [3.63, 3.8) is 0 Å². The maximum absolute atomic E-state index is 12.1. The number of hydrogen-bond acceptors (Lipinski definition) is 6. The SMILES string of the molecule is CC(C)(N)Cc1nc(OCC(F)(F)F)nc(OCC(F)(F)F)n1. The molecular weight excluding hydrogens is 334 g/mol.